The molecule has 0 bridgehead atoms. The van der Waals surface area contributed by atoms with E-state index < -0.39 is 6.09 Å². The SMILES string of the molecule is CN(C(=O)Oc1ccccc1)c1ccc2c(c1)OCO2. The van der Waals surface area contributed by atoms with Crippen LogP contribution in [0.1, 0.15) is 0 Å². The van der Waals surface area contributed by atoms with Gasteiger partial charge in [0.15, 0.2) is 11.5 Å². The van der Waals surface area contributed by atoms with E-state index in [0.29, 0.717) is 22.9 Å². The Morgan fingerprint density at radius 1 is 1.10 bits per heavy atom. The number of hydrogen-bond acceptors (Lipinski definition) is 4. The molecule has 0 aliphatic carbocycles. The van der Waals surface area contributed by atoms with Crippen LogP contribution in [0.3, 0.4) is 0 Å². The summed E-state index contributed by atoms with van der Waals surface area (Å²) in [6.45, 7) is 0.205. The molecule has 1 amide bonds. The zero-order chi connectivity index (χ0) is 13.9. The average Bonchev–Trinajstić information content (AvgIpc) is 2.94. The highest BCUT2D eigenvalue weighted by molar-refractivity contribution is 5.89. The number of hydrogen-bond donors (Lipinski definition) is 0. The molecule has 2 aromatic rings. The molecule has 0 N–H and O–H groups in total. The quantitative estimate of drug-likeness (QED) is 0.842. The normalized spacial score (nSPS) is 12.1. The summed E-state index contributed by atoms with van der Waals surface area (Å²) in [7, 11) is 1.64. The number of para-hydroxylation sites is 1. The van der Waals surface area contributed by atoms with Crippen LogP contribution in [0.5, 0.6) is 17.2 Å². The van der Waals surface area contributed by atoms with Crippen molar-refractivity contribution in [1.29, 1.82) is 0 Å². The number of carbonyl (C=O) groups is 1. The first kappa shape index (κ1) is 12.3. The summed E-state index contributed by atoms with van der Waals surface area (Å²) < 4.78 is 15.8. The number of anilines is 1. The lowest BCUT2D eigenvalue weighted by Crippen LogP contribution is -2.29. The van der Waals surface area contributed by atoms with Crippen molar-refractivity contribution in [3.8, 4) is 17.2 Å². The Hall–Kier alpha value is -2.69. The number of carbonyl (C=O) groups excluding carboxylic acids is 1. The summed E-state index contributed by atoms with van der Waals surface area (Å²) in [4.78, 5) is 13.5. The van der Waals surface area contributed by atoms with Crippen LogP contribution in [0.25, 0.3) is 0 Å². The summed E-state index contributed by atoms with van der Waals surface area (Å²) in [5, 5.41) is 0. The summed E-state index contributed by atoms with van der Waals surface area (Å²) in [6.07, 6.45) is -0.463. The highest BCUT2D eigenvalue weighted by Crippen LogP contribution is 2.35. The number of fused-ring (bicyclic) bond motifs is 1. The van der Waals surface area contributed by atoms with Gasteiger partial charge in [0, 0.05) is 13.1 Å². The fraction of sp³-hybridized carbons (Fsp3) is 0.133. The Balaban J connectivity index is 1.75. The van der Waals surface area contributed by atoms with Crippen LogP contribution in [0.15, 0.2) is 48.5 Å². The minimum atomic E-state index is -0.463. The van der Waals surface area contributed by atoms with Crippen LogP contribution in [-0.2, 0) is 0 Å². The monoisotopic (exact) mass is 271 g/mol. The minimum absolute atomic E-state index is 0.205. The lowest BCUT2D eigenvalue weighted by Gasteiger charge is -2.17. The van der Waals surface area contributed by atoms with Crippen molar-refractivity contribution in [2.45, 2.75) is 0 Å². The number of nitrogens with zero attached hydrogens (tertiary/aromatic N) is 1. The van der Waals surface area contributed by atoms with E-state index in [1.54, 1.807) is 37.4 Å². The molecule has 1 aliphatic rings. The predicted molar refractivity (Wildman–Crippen MR) is 73.4 cm³/mol. The molecule has 0 saturated heterocycles. The van der Waals surface area contributed by atoms with Gasteiger partial charge in [0.2, 0.25) is 6.79 Å². The van der Waals surface area contributed by atoms with Crippen molar-refractivity contribution in [1.82, 2.24) is 0 Å². The van der Waals surface area contributed by atoms with Gasteiger partial charge in [-0.05, 0) is 24.3 Å². The third-order valence-electron chi connectivity index (χ3n) is 2.97. The molecule has 5 heteroatoms. The molecule has 3 rings (SSSR count). The summed E-state index contributed by atoms with van der Waals surface area (Å²) >= 11 is 0. The van der Waals surface area contributed by atoms with Crippen molar-refractivity contribution in [2.24, 2.45) is 0 Å². The fourth-order valence-corrected chi connectivity index (χ4v) is 1.86. The van der Waals surface area contributed by atoms with E-state index in [4.69, 9.17) is 14.2 Å². The lowest BCUT2D eigenvalue weighted by molar-refractivity contribution is 0.174. The maximum atomic E-state index is 12.0. The first-order valence-electron chi connectivity index (χ1n) is 6.14. The van der Waals surface area contributed by atoms with Gasteiger partial charge in [-0.2, -0.15) is 0 Å². The van der Waals surface area contributed by atoms with Crippen LogP contribution in [0.2, 0.25) is 0 Å². The van der Waals surface area contributed by atoms with Gasteiger partial charge in [-0.3, -0.25) is 4.90 Å². The second-order valence-electron chi connectivity index (χ2n) is 4.28. The molecule has 0 aromatic heterocycles. The lowest BCUT2D eigenvalue weighted by atomic mass is 10.2. The Bertz CT molecular complexity index is 627. The van der Waals surface area contributed by atoms with Crippen LogP contribution < -0.4 is 19.1 Å². The molecule has 0 fully saturated rings. The molecule has 20 heavy (non-hydrogen) atoms. The van der Waals surface area contributed by atoms with Crippen molar-refractivity contribution < 1.29 is 19.0 Å². The van der Waals surface area contributed by atoms with Crippen molar-refractivity contribution in [2.75, 3.05) is 18.7 Å². The first-order valence-corrected chi connectivity index (χ1v) is 6.14. The molecule has 1 heterocycles. The van der Waals surface area contributed by atoms with Gasteiger partial charge in [-0.15, -0.1) is 0 Å². The molecule has 0 atom stereocenters. The summed E-state index contributed by atoms with van der Waals surface area (Å²) in [5.74, 6) is 1.81. The average molecular weight is 271 g/mol. The second-order valence-corrected chi connectivity index (χ2v) is 4.28. The molecule has 0 saturated carbocycles. The number of amides is 1. The smallest absolute Gasteiger partial charge is 0.419 e. The molecule has 0 radical (unpaired) electrons. The van der Waals surface area contributed by atoms with Gasteiger partial charge < -0.3 is 14.2 Å². The fourth-order valence-electron chi connectivity index (χ4n) is 1.86. The Morgan fingerprint density at radius 3 is 2.65 bits per heavy atom. The van der Waals surface area contributed by atoms with E-state index in [2.05, 4.69) is 0 Å². The highest BCUT2D eigenvalue weighted by Gasteiger charge is 2.18. The molecular formula is C15H13NO4. The van der Waals surface area contributed by atoms with Crippen molar-refractivity contribution in [3.05, 3.63) is 48.5 Å². The zero-order valence-corrected chi connectivity index (χ0v) is 10.9. The van der Waals surface area contributed by atoms with Gasteiger partial charge in [0.05, 0.1) is 5.69 Å². The molecule has 0 unspecified atom stereocenters. The van der Waals surface area contributed by atoms with Crippen molar-refractivity contribution >= 4 is 11.8 Å². The molecule has 5 nitrogen and oxygen atoms in total. The Labute approximate surface area is 116 Å². The third-order valence-corrected chi connectivity index (χ3v) is 2.97. The van der Waals surface area contributed by atoms with E-state index in [0.717, 1.165) is 0 Å². The molecular weight excluding hydrogens is 258 g/mol. The third kappa shape index (κ3) is 2.38. The topological polar surface area (TPSA) is 48.0 Å². The van der Waals surface area contributed by atoms with Crippen LogP contribution in [0, 0.1) is 0 Å². The zero-order valence-electron chi connectivity index (χ0n) is 10.9. The Kier molecular flexibility index (Phi) is 3.16. The number of ether oxygens (including phenoxy) is 3. The molecule has 2 aromatic carbocycles. The Morgan fingerprint density at radius 2 is 1.85 bits per heavy atom. The van der Waals surface area contributed by atoms with E-state index >= 15 is 0 Å². The van der Waals surface area contributed by atoms with E-state index in [1.165, 1.54) is 4.90 Å². The van der Waals surface area contributed by atoms with E-state index in [9.17, 15) is 4.79 Å². The van der Waals surface area contributed by atoms with E-state index in [1.807, 2.05) is 18.2 Å². The van der Waals surface area contributed by atoms with Gasteiger partial charge in [-0.25, -0.2) is 4.79 Å². The molecule has 102 valence electrons. The summed E-state index contributed by atoms with van der Waals surface area (Å²) in [6, 6.07) is 14.2. The number of benzene rings is 2. The van der Waals surface area contributed by atoms with E-state index in [-0.39, 0.29) is 6.79 Å². The van der Waals surface area contributed by atoms with Gasteiger partial charge >= 0.3 is 6.09 Å². The minimum Gasteiger partial charge on any atom is -0.454 e. The summed E-state index contributed by atoms with van der Waals surface area (Å²) in [5.41, 5.74) is 0.676. The molecule has 1 aliphatic heterocycles. The van der Waals surface area contributed by atoms with Crippen molar-refractivity contribution in [3.63, 3.8) is 0 Å². The van der Waals surface area contributed by atoms with Crippen LogP contribution in [0.4, 0.5) is 10.5 Å². The van der Waals surface area contributed by atoms with Crippen LogP contribution >= 0.6 is 0 Å². The molecule has 0 spiro atoms. The van der Waals surface area contributed by atoms with Gasteiger partial charge in [0.25, 0.3) is 0 Å². The number of rotatable bonds is 2. The predicted octanol–water partition coefficient (Wildman–Crippen LogP) is 3.05. The maximum absolute atomic E-state index is 12.0. The largest absolute Gasteiger partial charge is 0.454 e. The first-order chi connectivity index (χ1) is 9.74. The highest BCUT2D eigenvalue weighted by atomic mass is 16.7. The van der Waals surface area contributed by atoms with Crippen LogP contribution in [-0.4, -0.2) is 19.9 Å². The second kappa shape index (κ2) is 5.13. The van der Waals surface area contributed by atoms with Gasteiger partial charge in [0.1, 0.15) is 5.75 Å². The van der Waals surface area contributed by atoms with Gasteiger partial charge in [-0.1, -0.05) is 18.2 Å². The maximum Gasteiger partial charge on any atom is 0.419 e. The standard InChI is InChI=1S/C15H13NO4/c1-16(15(17)20-12-5-3-2-4-6-12)11-7-8-13-14(9-11)19-10-18-13/h2-9H,10H2,1H3.